The van der Waals surface area contributed by atoms with Gasteiger partial charge in [0.1, 0.15) is 10.8 Å². The lowest BCUT2D eigenvalue weighted by molar-refractivity contribution is -0.116. The van der Waals surface area contributed by atoms with E-state index in [-0.39, 0.29) is 10.5 Å². The zero-order valence-electron chi connectivity index (χ0n) is 16.9. The van der Waals surface area contributed by atoms with Crippen LogP contribution in [0.4, 0.5) is 4.39 Å². The van der Waals surface area contributed by atoms with Crippen LogP contribution in [-0.4, -0.2) is 19.3 Å². The first-order valence-corrected chi connectivity index (χ1v) is 11.8. The lowest BCUT2D eigenvalue weighted by Crippen LogP contribution is -2.41. The van der Waals surface area contributed by atoms with Crippen LogP contribution < -0.4 is 10.3 Å². The second-order valence-corrected chi connectivity index (χ2v) is 9.68. The molecule has 1 aromatic heterocycles. The third kappa shape index (κ3) is 4.91. The van der Waals surface area contributed by atoms with Crippen molar-refractivity contribution >= 4 is 49.1 Å². The average Bonchev–Trinajstić information content (AvgIpc) is 3.21. The lowest BCUT2D eigenvalue weighted by atomic mass is 10.1. The predicted molar refractivity (Wildman–Crippen MR) is 124 cm³/mol. The van der Waals surface area contributed by atoms with Crippen molar-refractivity contribution in [3.63, 3.8) is 0 Å². The zero-order chi connectivity index (χ0) is 22.7. The summed E-state index contributed by atoms with van der Waals surface area (Å²) in [5.74, 6) is -1.09. The topological polar surface area (TPSA) is 88.2 Å². The Labute approximate surface area is 188 Å². The van der Waals surface area contributed by atoms with Gasteiger partial charge in [0.15, 0.2) is 0 Å². The molecule has 0 bridgehead atoms. The van der Waals surface area contributed by atoms with Crippen LogP contribution in [0.25, 0.3) is 21.9 Å². The number of sulfonamides is 1. The van der Waals surface area contributed by atoms with Crippen LogP contribution in [0.15, 0.2) is 77.7 Å². The predicted octanol–water partition coefficient (Wildman–Crippen LogP) is 4.29. The van der Waals surface area contributed by atoms with Crippen molar-refractivity contribution in [1.29, 1.82) is 0 Å². The Kier molecular flexibility index (Phi) is 6.13. The van der Waals surface area contributed by atoms with Crippen molar-refractivity contribution in [2.45, 2.75) is 11.8 Å². The molecule has 9 heteroatoms. The number of aryl methyl sites for hydroxylation is 1. The summed E-state index contributed by atoms with van der Waals surface area (Å²) in [7, 11) is -3.97. The number of para-hydroxylation sites is 1. The summed E-state index contributed by atoms with van der Waals surface area (Å²) in [5, 5.41) is 0.405. The first-order valence-electron chi connectivity index (χ1n) is 9.54. The van der Waals surface area contributed by atoms with Crippen molar-refractivity contribution in [1.82, 2.24) is 15.2 Å². The molecule has 0 spiro atoms. The minimum absolute atomic E-state index is 0.0208. The Balaban J connectivity index is 1.65. The Morgan fingerprint density at radius 2 is 1.69 bits per heavy atom. The van der Waals surface area contributed by atoms with Gasteiger partial charge < -0.3 is 0 Å². The molecule has 0 fully saturated rings. The quantitative estimate of drug-likeness (QED) is 0.327. The maximum atomic E-state index is 13.3. The molecule has 2 N–H and O–H groups in total. The molecule has 6 nitrogen and oxygen atoms in total. The molecule has 1 amide bonds. The molecule has 0 atom stereocenters. The normalized spacial score (nSPS) is 12.1. The minimum atomic E-state index is -3.97. The monoisotopic (exact) mass is 467 g/mol. The molecule has 0 aliphatic rings. The van der Waals surface area contributed by atoms with Crippen LogP contribution in [0.5, 0.6) is 0 Å². The standard InChI is InChI=1S/C23H18FN3O3S2/c1-15-6-12-18(13-7-15)32(29,30)27-26-22(28)19(14-16-8-10-17(24)11-9-16)23-25-20-4-2-3-5-21(20)31-23/h2-14,27H,1H3,(H,26,28)/b19-14+. The average molecular weight is 468 g/mol. The molecule has 1 heterocycles. The van der Waals surface area contributed by atoms with E-state index in [2.05, 4.69) is 15.2 Å². The third-order valence-corrected chi connectivity index (χ3v) is 6.91. The molecule has 32 heavy (non-hydrogen) atoms. The summed E-state index contributed by atoms with van der Waals surface area (Å²) in [6, 6.07) is 19.2. The Morgan fingerprint density at radius 3 is 2.38 bits per heavy atom. The number of nitrogens with zero attached hydrogens (tertiary/aromatic N) is 1. The molecule has 0 aliphatic carbocycles. The summed E-state index contributed by atoms with van der Waals surface area (Å²) in [6.07, 6.45) is 1.53. The van der Waals surface area contributed by atoms with Gasteiger partial charge in [0, 0.05) is 0 Å². The van der Waals surface area contributed by atoms with Gasteiger partial charge in [-0.25, -0.2) is 17.8 Å². The molecule has 4 aromatic rings. The minimum Gasteiger partial charge on any atom is -0.273 e. The van der Waals surface area contributed by atoms with Crippen molar-refractivity contribution in [2.75, 3.05) is 0 Å². The van der Waals surface area contributed by atoms with E-state index in [9.17, 15) is 17.6 Å². The van der Waals surface area contributed by atoms with Crippen LogP contribution in [0, 0.1) is 12.7 Å². The zero-order valence-corrected chi connectivity index (χ0v) is 18.5. The molecule has 0 saturated heterocycles. The van der Waals surface area contributed by atoms with E-state index >= 15 is 0 Å². The molecule has 0 saturated carbocycles. The van der Waals surface area contributed by atoms with Gasteiger partial charge in [-0.05, 0) is 55.0 Å². The molecule has 162 valence electrons. The number of thiazole rings is 1. The molecular formula is C23H18FN3O3S2. The molecule has 0 radical (unpaired) electrons. The maximum Gasteiger partial charge on any atom is 0.269 e. The number of amides is 1. The Bertz CT molecular complexity index is 1380. The number of hydrazine groups is 1. The number of halogens is 1. The van der Waals surface area contributed by atoms with Crippen LogP contribution in [0.3, 0.4) is 0 Å². The largest absolute Gasteiger partial charge is 0.273 e. The van der Waals surface area contributed by atoms with Crippen molar-refractivity contribution in [2.24, 2.45) is 0 Å². The van der Waals surface area contributed by atoms with E-state index < -0.39 is 21.7 Å². The number of rotatable bonds is 6. The fourth-order valence-electron chi connectivity index (χ4n) is 2.89. The smallest absolute Gasteiger partial charge is 0.269 e. The number of benzene rings is 3. The fraction of sp³-hybridized carbons (Fsp3) is 0.0435. The highest BCUT2D eigenvalue weighted by Crippen LogP contribution is 2.28. The number of fused-ring (bicyclic) bond motifs is 1. The van der Waals surface area contributed by atoms with Crippen molar-refractivity contribution < 1.29 is 17.6 Å². The second kappa shape index (κ2) is 8.99. The highest BCUT2D eigenvalue weighted by Gasteiger charge is 2.20. The van der Waals surface area contributed by atoms with E-state index in [1.165, 1.54) is 53.8 Å². The highest BCUT2D eigenvalue weighted by molar-refractivity contribution is 7.89. The van der Waals surface area contributed by atoms with Gasteiger partial charge in [-0.1, -0.05) is 42.0 Å². The highest BCUT2D eigenvalue weighted by atomic mass is 32.2. The van der Waals surface area contributed by atoms with E-state index in [0.29, 0.717) is 16.1 Å². The SMILES string of the molecule is Cc1ccc(S(=O)(=O)NNC(=O)/C(=C\c2ccc(F)cc2)c2nc3ccccc3s2)cc1. The summed E-state index contributed by atoms with van der Waals surface area (Å²) in [5.41, 5.74) is 4.59. The number of hydrogen-bond acceptors (Lipinski definition) is 5. The van der Waals surface area contributed by atoms with Gasteiger partial charge in [0.2, 0.25) is 0 Å². The molecule has 0 aliphatic heterocycles. The molecule has 0 unspecified atom stereocenters. The van der Waals surface area contributed by atoms with Gasteiger partial charge in [0.05, 0.1) is 20.7 Å². The first-order chi connectivity index (χ1) is 15.3. The van der Waals surface area contributed by atoms with E-state index in [1.54, 1.807) is 12.1 Å². The van der Waals surface area contributed by atoms with Crippen LogP contribution in [-0.2, 0) is 14.8 Å². The summed E-state index contributed by atoms with van der Waals surface area (Å²) in [6.45, 7) is 1.84. The van der Waals surface area contributed by atoms with Gasteiger partial charge in [0.25, 0.3) is 15.9 Å². The summed E-state index contributed by atoms with van der Waals surface area (Å²) < 4.78 is 39.3. The Morgan fingerprint density at radius 1 is 1.00 bits per heavy atom. The van der Waals surface area contributed by atoms with E-state index in [0.717, 1.165) is 10.3 Å². The van der Waals surface area contributed by atoms with Gasteiger partial charge in [-0.3, -0.25) is 10.2 Å². The van der Waals surface area contributed by atoms with E-state index in [4.69, 9.17) is 0 Å². The third-order valence-electron chi connectivity index (χ3n) is 4.58. The molecular weight excluding hydrogens is 449 g/mol. The second-order valence-electron chi connectivity index (χ2n) is 6.97. The van der Waals surface area contributed by atoms with Gasteiger partial charge in [-0.15, -0.1) is 16.2 Å². The number of carbonyl (C=O) groups excluding carboxylic acids is 1. The number of nitrogens with one attached hydrogen (secondary N) is 2. The number of hydrogen-bond donors (Lipinski definition) is 2. The van der Waals surface area contributed by atoms with E-state index in [1.807, 2.05) is 31.2 Å². The van der Waals surface area contributed by atoms with Crippen molar-refractivity contribution in [3.05, 3.63) is 94.7 Å². The maximum absolute atomic E-state index is 13.3. The fourth-order valence-corrected chi connectivity index (χ4v) is 4.71. The number of aromatic nitrogens is 1. The van der Waals surface area contributed by atoms with Gasteiger partial charge in [-0.2, -0.15) is 0 Å². The van der Waals surface area contributed by atoms with Crippen LogP contribution in [0.1, 0.15) is 16.1 Å². The van der Waals surface area contributed by atoms with Crippen LogP contribution in [0.2, 0.25) is 0 Å². The summed E-state index contributed by atoms with van der Waals surface area (Å²) in [4.78, 5) is 19.7. The molecule has 4 rings (SSSR count). The summed E-state index contributed by atoms with van der Waals surface area (Å²) >= 11 is 1.30. The first kappa shape index (κ1) is 21.8. The molecule has 3 aromatic carbocycles. The lowest BCUT2D eigenvalue weighted by Gasteiger charge is -2.10. The number of carbonyl (C=O) groups is 1. The van der Waals surface area contributed by atoms with Gasteiger partial charge >= 0.3 is 0 Å². The van der Waals surface area contributed by atoms with Crippen LogP contribution >= 0.6 is 11.3 Å². The Hall–Kier alpha value is -3.40. The van der Waals surface area contributed by atoms with Crippen molar-refractivity contribution in [3.8, 4) is 0 Å².